The molecule has 0 amide bonds. The van der Waals surface area contributed by atoms with E-state index in [2.05, 4.69) is 19.2 Å². The Morgan fingerprint density at radius 2 is 2.05 bits per heavy atom. The maximum Gasteiger partial charge on any atom is 0.175 e. The maximum absolute atomic E-state index is 11.7. The number of anilines is 1. The molecule has 3 nitrogen and oxygen atoms in total. The predicted octanol–water partition coefficient (Wildman–Crippen LogP) is 3.34. The van der Waals surface area contributed by atoms with Crippen molar-refractivity contribution < 1.29 is 8.42 Å². The van der Waals surface area contributed by atoms with Crippen LogP contribution < -0.4 is 5.32 Å². The minimum atomic E-state index is -3.15. The van der Waals surface area contributed by atoms with Gasteiger partial charge in [-0.05, 0) is 42.2 Å². The molecule has 1 saturated heterocycles. The van der Waals surface area contributed by atoms with Crippen LogP contribution in [0.1, 0.15) is 25.8 Å². The Morgan fingerprint density at radius 3 is 2.65 bits per heavy atom. The van der Waals surface area contributed by atoms with Gasteiger partial charge in [0.05, 0.1) is 4.90 Å². The molecule has 1 heterocycles. The Labute approximate surface area is 126 Å². The lowest BCUT2D eigenvalue weighted by molar-refractivity contribution is 0.358. The van der Waals surface area contributed by atoms with E-state index < -0.39 is 9.84 Å². The lowest BCUT2D eigenvalue weighted by Gasteiger charge is -2.36. The molecule has 1 aliphatic heterocycles. The summed E-state index contributed by atoms with van der Waals surface area (Å²) < 4.78 is 23.3. The summed E-state index contributed by atoms with van der Waals surface area (Å²) in [4.78, 5) is 0.383. The molecule has 1 fully saturated rings. The Balaban J connectivity index is 2.21. The second-order valence-corrected chi connectivity index (χ2v) is 9.52. The van der Waals surface area contributed by atoms with E-state index in [1.54, 1.807) is 12.1 Å². The zero-order chi connectivity index (χ0) is 15.0. The fraction of sp³-hybridized carbons (Fsp3) is 0.600. The molecule has 0 aliphatic carbocycles. The third-order valence-corrected chi connectivity index (χ3v) is 6.34. The number of aryl methyl sites for hydroxylation is 1. The molecule has 1 aliphatic rings. The van der Waals surface area contributed by atoms with Crippen LogP contribution in [0.5, 0.6) is 0 Å². The van der Waals surface area contributed by atoms with E-state index in [4.69, 9.17) is 0 Å². The quantitative estimate of drug-likeness (QED) is 0.929. The Bertz CT molecular complexity index is 594. The van der Waals surface area contributed by atoms with E-state index in [-0.39, 0.29) is 0 Å². The van der Waals surface area contributed by atoms with Gasteiger partial charge >= 0.3 is 0 Å². The normalized spacial score (nSPS) is 22.5. The van der Waals surface area contributed by atoms with Crippen LogP contribution in [-0.4, -0.2) is 32.2 Å². The fourth-order valence-corrected chi connectivity index (χ4v) is 4.48. The number of hydrogen-bond donors (Lipinski definition) is 1. The van der Waals surface area contributed by atoms with Crippen LogP contribution in [0, 0.1) is 12.3 Å². The number of rotatable bonds is 3. The topological polar surface area (TPSA) is 46.2 Å². The summed E-state index contributed by atoms with van der Waals surface area (Å²) in [6, 6.07) is 5.71. The monoisotopic (exact) mass is 313 g/mol. The highest BCUT2D eigenvalue weighted by molar-refractivity contribution is 7.99. The van der Waals surface area contributed by atoms with Gasteiger partial charge in [0.2, 0.25) is 0 Å². The highest BCUT2D eigenvalue weighted by Crippen LogP contribution is 2.35. The summed E-state index contributed by atoms with van der Waals surface area (Å²) in [5, 5.41) is 3.53. The van der Waals surface area contributed by atoms with Crippen molar-refractivity contribution in [2.45, 2.75) is 38.1 Å². The molecule has 0 aromatic heterocycles. The number of thioether (sulfide) groups is 1. The van der Waals surface area contributed by atoms with E-state index in [0.717, 1.165) is 23.4 Å². The fourth-order valence-electron chi connectivity index (χ4n) is 2.56. The molecule has 1 N–H and O–H groups in total. The van der Waals surface area contributed by atoms with Crippen LogP contribution in [0.3, 0.4) is 0 Å². The molecular weight excluding hydrogens is 290 g/mol. The lowest BCUT2D eigenvalue weighted by Crippen LogP contribution is -2.35. The van der Waals surface area contributed by atoms with E-state index in [0.29, 0.717) is 16.4 Å². The molecule has 0 saturated carbocycles. The van der Waals surface area contributed by atoms with E-state index in [1.165, 1.54) is 12.0 Å². The molecule has 1 unspecified atom stereocenters. The summed E-state index contributed by atoms with van der Waals surface area (Å²) in [5.74, 6) is 2.26. The first kappa shape index (κ1) is 15.7. The molecule has 1 aromatic rings. The molecule has 20 heavy (non-hydrogen) atoms. The largest absolute Gasteiger partial charge is 0.381 e. The van der Waals surface area contributed by atoms with E-state index >= 15 is 0 Å². The van der Waals surface area contributed by atoms with E-state index in [1.807, 2.05) is 24.8 Å². The van der Waals surface area contributed by atoms with Crippen LogP contribution in [-0.2, 0) is 9.84 Å². The number of hydrogen-bond acceptors (Lipinski definition) is 4. The second kappa shape index (κ2) is 5.60. The first-order chi connectivity index (χ1) is 9.17. The molecule has 5 heteroatoms. The van der Waals surface area contributed by atoms with Gasteiger partial charge in [-0.2, -0.15) is 11.8 Å². The number of sulfone groups is 1. The van der Waals surface area contributed by atoms with Crippen molar-refractivity contribution in [3.8, 4) is 0 Å². The maximum atomic E-state index is 11.7. The first-order valence-electron chi connectivity index (χ1n) is 6.82. The average molecular weight is 313 g/mol. The van der Waals surface area contributed by atoms with Crippen molar-refractivity contribution in [2.75, 3.05) is 23.1 Å². The minimum absolute atomic E-state index is 0.336. The third-order valence-electron chi connectivity index (χ3n) is 3.61. The molecule has 2 rings (SSSR count). The van der Waals surface area contributed by atoms with Gasteiger partial charge in [-0.3, -0.25) is 0 Å². The van der Waals surface area contributed by atoms with Crippen molar-refractivity contribution in [2.24, 2.45) is 5.41 Å². The number of nitrogens with one attached hydrogen (secondary N) is 1. The van der Waals surface area contributed by atoms with Crippen molar-refractivity contribution >= 4 is 27.3 Å². The molecule has 0 bridgehead atoms. The Morgan fingerprint density at radius 1 is 1.35 bits per heavy atom. The number of benzene rings is 1. The molecule has 0 spiro atoms. The molecular formula is C15H23NO2S2. The van der Waals surface area contributed by atoms with E-state index in [9.17, 15) is 8.42 Å². The SMILES string of the molecule is Cc1ccc(S(C)(=O)=O)cc1NC1CSCC(C)(C)C1. The van der Waals surface area contributed by atoms with Gasteiger partial charge in [-0.25, -0.2) is 8.42 Å². The van der Waals surface area contributed by atoms with Crippen LogP contribution in [0.25, 0.3) is 0 Å². The van der Waals surface area contributed by atoms with Gasteiger partial charge in [0.1, 0.15) is 0 Å². The standard InChI is InChI=1S/C15H23NO2S2/c1-11-5-6-13(20(4,17)18)7-14(11)16-12-8-15(2,3)10-19-9-12/h5-7,12,16H,8-10H2,1-4H3. The molecule has 1 atom stereocenters. The van der Waals surface area contributed by atoms with Crippen molar-refractivity contribution in [1.82, 2.24) is 0 Å². The predicted molar refractivity (Wildman–Crippen MR) is 87.4 cm³/mol. The van der Waals surface area contributed by atoms with Gasteiger partial charge < -0.3 is 5.32 Å². The highest BCUT2D eigenvalue weighted by Gasteiger charge is 2.28. The van der Waals surface area contributed by atoms with Crippen molar-refractivity contribution in [3.05, 3.63) is 23.8 Å². The smallest absolute Gasteiger partial charge is 0.175 e. The zero-order valence-corrected chi connectivity index (χ0v) is 14.2. The highest BCUT2D eigenvalue weighted by atomic mass is 32.2. The minimum Gasteiger partial charge on any atom is -0.381 e. The zero-order valence-electron chi connectivity index (χ0n) is 12.6. The summed E-state index contributed by atoms with van der Waals surface area (Å²) in [6.45, 7) is 6.58. The first-order valence-corrected chi connectivity index (χ1v) is 9.87. The van der Waals surface area contributed by atoms with Crippen LogP contribution in [0.15, 0.2) is 23.1 Å². The van der Waals surface area contributed by atoms with Gasteiger partial charge in [-0.15, -0.1) is 0 Å². The van der Waals surface area contributed by atoms with Gasteiger partial charge in [0.15, 0.2) is 9.84 Å². The van der Waals surface area contributed by atoms with Crippen LogP contribution in [0.4, 0.5) is 5.69 Å². The summed E-state index contributed by atoms with van der Waals surface area (Å²) in [5.41, 5.74) is 2.37. The van der Waals surface area contributed by atoms with Crippen LogP contribution >= 0.6 is 11.8 Å². The summed E-state index contributed by atoms with van der Waals surface area (Å²) in [6.07, 6.45) is 2.36. The lowest BCUT2D eigenvalue weighted by atomic mass is 9.87. The Hall–Kier alpha value is -0.680. The summed E-state index contributed by atoms with van der Waals surface area (Å²) in [7, 11) is -3.15. The molecule has 112 valence electrons. The third kappa shape index (κ3) is 3.92. The summed E-state index contributed by atoms with van der Waals surface area (Å²) >= 11 is 1.96. The Kier molecular flexibility index (Phi) is 4.40. The van der Waals surface area contributed by atoms with Gasteiger partial charge in [-0.1, -0.05) is 19.9 Å². The van der Waals surface area contributed by atoms with Crippen molar-refractivity contribution in [1.29, 1.82) is 0 Å². The molecule has 0 radical (unpaired) electrons. The molecule has 1 aromatic carbocycles. The average Bonchev–Trinajstić information content (AvgIpc) is 2.29. The van der Waals surface area contributed by atoms with Crippen molar-refractivity contribution in [3.63, 3.8) is 0 Å². The van der Waals surface area contributed by atoms with Gasteiger partial charge in [0, 0.05) is 23.7 Å². The second-order valence-electron chi connectivity index (χ2n) is 6.47. The van der Waals surface area contributed by atoms with Crippen LogP contribution in [0.2, 0.25) is 0 Å². The van der Waals surface area contributed by atoms with Gasteiger partial charge in [0.25, 0.3) is 0 Å².